The lowest BCUT2D eigenvalue weighted by atomic mass is 9.62. The molecule has 1 aromatic carbocycles. The van der Waals surface area contributed by atoms with Crippen LogP contribution in [-0.2, 0) is 16.0 Å². The fourth-order valence-electron chi connectivity index (χ4n) is 4.14. The molecule has 1 aliphatic carbocycles. The second-order valence-corrected chi connectivity index (χ2v) is 8.41. The van der Waals surface area contributed by atoms with Crippen LogP contribution >= 0.6 is 44.3 Å². The Bertz CT molecular complexity index is 817. The number of aromatic nitrogens is 1. The lowest BCUT2D eigenvalue weighted by Gasteiger charge is -2.46. The van der Waals surface area contributed by atoms with E-state index in [2.05, 4.69) is 54.3 Å². The second-order valence-electron chi connectivity index (χ2n) is 6.70. The SMILES string of the molecule is CCOC(=O)C1(C2NCCc3c2[nH]c2cc(Br)c(Br)cc32)CCC1.Cl. The molecule has 4 rings (SSSR count). The van der Waals surface area contributed by atoms with E-state index in [1.807, 2.05) is 6.92 Å². The molecule has 0 saturated heterocycles. The van der Waals surface area contributed by atoms with Gasteiger partial charge >= 0.3 is 5.97 Å². The van der Waals surface area contributed by atoms with Gasteiger partial charge in [-0.1, -0.05) is 6.42 Å². The van der Waals surface area contributed by atoms with E-state index < -0.39 is 5.41 Å². The number of benzene rings is 1. The molecular formula is C18H21Br2ClN2O2. The number of esters is 1. The van der Waals surface area contributed by atoms with Crippen molar-refractivity contribution in [1.29, 1.82) is 0 Å². The molecule has 0 spiro atoms. The number of halogens is 3. The van der Waals surface area contributed by atoms with E-state index in [0.29, 0.717) is 6.61 Å². The maximum Gasteiger partial charge on any atom is 0.314 e. The Hall–Kier alpha value is -0.560. The summed E-state index contributed by atoms with van der Waals surface area (Å²) in [6.07, 6.45) is 3.85. The van der Waals surface area contributed by atoms with E-state index in [1.165, 1.54) is 10.9 Å². The van der Waals surface area contributed by atoms with Crippen LogP contribution in [0.5, 0.6) is 0 Å². The van der Waals surface area contributed by atoms with E-state index >= 15 is 0 Å². The Balaban J connectivity index is 0.00000182. The Morgan fingerprint density at radius 3 is 2.68 bits per heavy atom. The van der Waals surface area contributed by atoms with Gasteiger partial charge in [0, 0.05) is 25.5 Å². The number of carbonyl (C=O) groups excluding carboxylic acids is 1. The molecule has 0 amide bonds. The van der Waals surface area contributed by atoms with Crippen LogP contribution in [0.1, 0.15) is 43.5 Å². The summed E-state index contributed by atoms with van der Waals surface area (Å²) >= 11 is 7.18. The predicted molar refractivity (Wildman–Crippen MR) is 108 cm³/mol. The first-order chi connectivity index (χ1) is 11.6. The zero-order chi connectivity index (χ0) is 16.9. The first-order valence-electron chi connectivity index (χ1n) is 8.47. The third kappa shape index (κ3) is 2.95. The van der Waals surface area contributed by atoms with Gasteiger partial charge in [-0.2, -0.15) is 0 Å². The topological polar surface area (TPSA) is 54.1 Å². The number of hydrogen-bond donors (Lipinski definition) is 2. The standard InChI is InChI=1S/C18H20Br2N2O2.ClH/c1-2-24-17(23)18(5-3-6-18)16-15-10(4-7-21-16)11-8-12(19)13(20)9-14(11)22-15;/h8-9,16,21-22H,2-7H2,1H3;1H. The molecule has 25 heavy (non-hydrogen) atoms. The normalized spacial score (nSPS) is 21.2. The van der Waals surface area contributed by atoms with Crippen molar-refractivity contribution in [2.24, 2.45) is 5.41 Å². The van der Waals surface area contributed by atoms with Gasteiger partial charge in [-0.05, 0) is 82.3 Å². The number of carbonyl (C=O) groups is 1. The quantitative estimate of drug-likeness (QED) is 0.591. The Kier molecular flexibility index (Phi) is 5.55. The molecule has 1 fully saturated rings. The zero-order valence-electron chi connectivity index (χ0n) is 14.0. The van der Waals surface area contributed by atoms with Crippen molar-refractivity contribution in [2.45, 2.75) is 38.6 Å². The summed E-state index contributed by atoms with van der Waals surface area (Å²) in [4.78, 5) is 16.3. The van der Waals surface area contributed by atoms with Crippen LogP contribution in [0.25, 0.3) is 10.9 Å². The summed E-state index contributed by atoms with van der Waals surface area (Å²) < 4.78 is 7.50. The van der Waals surface area contributed by atoms with Gasteiger partial charge in [0.1, 0.15) is 0 Å². The minimum absolute atomic E-state index is 0. The highest BCUT2D eigenvalue weighted by Gasteiger charge is 2.53. The highest BCUT2D eigenvalue weighted by Crippen LogP contribution is 2.53. The van der Waals surface area contributed by atoms with Gasteiger partial charge < -0.3 is 15.0 Å². The molecular weight excluding hydrogens is 471 g/mol. The molecule has 0 bridgehead atoms. The van der Waals surface area contributed by atoms with Crippen molar-refractivity contribution >= 4 is 61.1 Å². The average molecular weight is 493 g/mol. The number of rotatable bonds is 3. The van der Waals surface area contributed by atoms with Crippen molar-refractivity contribution in [3.05, 3.63) is 32.3 Å². The summed E-state index contributed by atoms with van der Waals surface area (Å²) in [5.41, 5.74) is 3.19. The molecule has 7 heteroatoms. The van der Waals surface area contributed by atoms with Gasteiger partial charge in [0.2, 0.25) is 0 Å². The van der Waals surface area contributed by atoms with Gasteiger partial charge in [-0.15, -0.1) is 12.4 Å². The zero-order valence-corrected chi connectivity index (χ0v) is 17.9. The number of fused-ring (bicyclic) bond motifs is 3. The lowest BCUT2D eigenvalue weighted by Crippen LogP contribution is -2.51. The highest BCUT2D eigenvalue weighted by molar-refractivity contribution is 9.13. The summed E-state index contributed by atoms with van der Waals surface area (Å²) in [6, 6.07) is 4.28. The molecule has 2 aromatic rings. The molecule has 1 saturated carbocycles. The van der Waals surface area contributed by atoms with Crippen LogP contribution in [0.4, 0.5) is 0 Å². The number of H-pyrrole nitrogens is 1. The Labute approximate surface area is 170 Å². The van der Waals surface area contributed by atoms with Crippen LogP contribution in [0.15, 0.2) is 21.1 Å². The van der Waals surface area contributed by atoms with Crippen LogP contribution in [-0.4, -0.2) is 24.1 Å². The molecule has 2 aliphatic rings. The maximum atomic E-state index is 12.7. The van der Waals surface area contributed by atoms with E-state index in [4.69, 9.17) is 4.74 Å². The smallest absolute Gasteiger partial charge is 0.314 e. The van der Waals surface area contributed by atoms with Crippen molar-refractivity contribution in [3.8, 4) is 0 Å². The first-order valence-corrected chi connectivity index (χ1v) is 10.1. The third-order valence-corrected chi connectivity index (χ3v) is 7.32. The Morgan fingerprint density at radius 2 is 2.04 bits per heavy atom. The van der Waals surface area contributed by atoms with Gasteiger partial charge in [-0.3, -0.25) is 4.79 Å². The van der Waals surface area contributed by atoms with Crippen LogP contribution in [0.2, 0.25) is 0 Å². The first kappa shape index (κ1) is 19.2. The van der Waals surface area contributed by atoms with Gasteiger partial charge in [0.05, 0.1) is 18.1 Å². The molecule has 1 atom stereocenters. The number of aromatic amines is 1. The van der Waals surface area contributed by atoms with Gasteiger partial charge in [0.15, 0.2) is 0 Å². The van der Waals surface area contributed by atoms with E-state index in [1.54, 1.807) is 0 Å². The number of hydrogen-bond acceptors (Lipinski definition) is 3. The number of ether oxygens (including phenoxy) is 1. The predicted octanol–water partition coefficient (Wildman–Crippen LogP) is 5.03. The molecule has 1 aliphatic heterocycles. The maximum absolute atomic E-state index is 12.7. The van der Waals surface area contributed by atoms with Gasteiger partial charge in [0.25, 0.3) is 0 Å². The summed E-state index contributed by atoms with van der Waals surface area (Å²) in [7, 11) is 0. The molecule has 2 N–H and O–H groups in total. The molecule has 1 aromatic heterocycles. The molecule has 2 heterocycles. The van der Waals surface area contributed by atoms with E-state index in [9.17, 15) is 4.79 Å². The highest BCUT2D eigenvalue weighted by atomic mass is 79.9. The van der Waals surface area contributed by atoms with Crippen LogP contribution in [0, 0.1) is 5.41 Å². The van der Waals surface area contributed by atoms with Crippen LogP contribution in [0.3, 0.4) is 0 Å². The molecule has 0 radical (unpaired) electrons. The molecule has 4 nitrogen and oxygen atoms in total. The lowest BCUT2D eigenvalue weighted by molar-refractivity contribution is -0.164. The van der Waals surface area contributed by atoms with Crippen molar-refractivity contribution in [1.82, 2.24) is 10.3 Å². The fraction of sp³-hybridized carbons (Fsp3) is 0.500. The van der Waals surface area contributed by atoms with Crippen LogP contribution < -0.4 is 5.32 Å². The van der Waals surface area contributed by atoms with Gasteiger partial charge in [-0.25, -0.2) is 0 Å². The van der Waals surface area contributed by atoms with E-state index in [-0.39, 0.29) is 24.4 Å². The molecule has 136 valence electrons. The fourth-order valence-corrected chi connectivity index (χ4v) is 4.83. The minimum atomic E-state index is -0.416. The minimum Gasteiger partial charge on any atom is -0.466 e. The average Bonchev–Trinajstić information content (AvgIpc) is 2.85. The summed E-state index contributed by atoms with van der Waals surface area (Å²) in [5, 5.41) is 4.83. The van der Waals surface area contributed by atoms with Crippen molar-refractivity contribution in [2.75, 3.05) is 13.2 Å². The van der Waals surface area contributed by atoms with Crippen molar-refractivity contribution < 1.29 is 9.53 Å². The summed E-state index contributed by atoms with van der Waals surface area (Å²) in [6.45, 7) is 3.20. The van der Waals surface area contributed by atoms with E-state index in [0.717, 1.165) is 52.4 Å². The monoisotopic (exact) mass is 490 g/mol. The third-order valence-electron chi connectivity index (χ3n) is 5.47. The Morgan fingerprint density at radius 1 is 1.32 bits per heavy atom. The number of nitrogens with one attached hydrogen (secondary N) is 2. The second kappa shape index (κ2) is 7.22. The molecule has 1 unspecified atom stereocenters. The van der Waals surface area contributed by atoms with Crippen molar-refractivity contribution in [3.63, 3.8) is 0 Å². The summed E-state index contributed by atoms with van der Waals surface area (Å²) in [5.74, 6) is -0.0531. The largest absolute Gasteiger partial charge is 0.466 e.